The maximum atomic E-state index is 12.3. The van der Waals surface area contributed by atoms with Crippen molar-refractivity contribution in [1.82, 2.24) is 10.0 Å². The number of aryl methyl sites for hydroxylation is 2. The number of hydrogen-bond donors (Lipinski definition) is 2. The first-order valence-corrected chi connectivity index (χ1v) is 8.25. The van der Waals surface area contributed by atoms with Gasteiger partial charge < -0.3 is 5.32 Å². The Morgan fingerprint density at radius 1 is 1.37 bits per heavy atom. The molecule has 1 saturated heterocycles. The highest BCUT2D eigenvalue weighted by Crippen LogP contribution is 2.17. The Labute approximate surface area is 115 Å². The van der Waals surface area contributed by atoms with Crippen LogP contribution < -0.4 is 10.0 Å². The zero-order valence-electron chi connectivity index (χ0n) is 11.6. The van der Waals surface area contributed by atoms with Crippen LogP contribution in [0.3, 0.4) is 0 Å². The van der Waals surface area contributed by atoms with E-state index in [1.54, 1.807) is 6.07 Å². The number of sulfonamides is 1. The van der Waals surface area contributed by atoms with Gasteiger partial charge in [-0.3, -0.25) is 0 Å². The van der Waals surface area contributed by atoms with Gasteiger partial charge in [0.25, 0.3) is 0 Å². The number of benzene rings is 1. The van der Waals surface area contributed by atoms with Gasteiger partial charge in [-0.05, 0) is 62.9 Å². The van der Waals surface area contributed by atoms with Gasteiger partial charge in [-0.1, -0.05) is 12.1 Å². The number of hydrogen-bond acceptors (Lipinski definition) is 3. The molecule has 2 rings (SSSR count). The van der Waals surface area contributed by atoms with E-state index in [2.05, 4.69) is 10.0 Å². The summed E-state index contributed by atoms with van der Waals surface area (Å²) < 4.78 is 27.2. The largest absolute Gasteiger partial charge is 0.316 e. The van der Waals surface area contributed by atoms with Crippen molar-refractivity contribution in [2.45, 2.75) is 31.6 Å². The lowest BCUT2D eigenvalue weighted by molar-refractivity contribution is 0.519. The minimum Gasteiger partial charge on any atom is -0.316 e. The van der Waals surface area contributed by atoms with Crippen molar-refractivity contribution < 1.29 is 8.42 Å². The van der Waals surface area contributed by atoms with Crippen molar-refractivity contribution in [3.05, 3.63) is 29.3 Å². The van der Waals surface area contributed by atoms with Crippen LogP contribution in [0.1, 0.15) is 24.0 Å². The quantitative estimate of drug-likeness (QED) is 0.862. The molecule has 4 nitrogen and oxygen atoms in total. The maximum absolute atomic E-state index is 12.3. The van der Waals surface area contributed by atoms with Crippen LogP contribution in [0.25, 0.3) is 0 Å². The summed E-state index contributed by atoms with van der Waals surface area (Å²) in [6.45, 7) is 6.30. The Balaban J connectivity index is 1.99. The van der Waals surface area contributed by atoms with Crippen LogP contribution in [0.5, 0.6) is 0 Å². The Bertz CT molecular complexity index is 534. The summed E-state index contributed by atoms with van der Waals surface area (Å²) in [6, 6.07) is 5.51. The maximum Gasteiger partial charge on any atom is 0.240 e. The average Bonchev–Trinajstić information content (AvgIpc) is 2.85. The van der Waals surface area contributed by atoms with Gasteiger partial charge in [0.1, 0.15) is 0 Å². The topological polar surface area (TPSA) is 58.2 Å². The Morgan fingerprint density at radius 3 is 2.84 bits per heavy atom. The SMILES string of the molecule is Cc1ccc(C)c(S(=O)(=O)NCC[C@@H]2CCNC2)c1. The molecule has 5 heteroatoms. The molecule has 0 amide bonds. The van der Waals surface area contributed by atoms with Gasteiger partial charge in [-0.15, -0.1) is 0 Å². The highest BCUT2D eigenvalue weighted by Gasteiger charge is 2.18. The average molecular weight is 282 g/mol. The van der Waals surface area contributed by atoms with E-state index >= 15 is 0 Å². The number of rotatable bonds is 5. The molecule has 0 bridgehead atoms. The molecule has 1 atom stereocenters. The molecule has 0 unspecified atom stereocenters. The minimum atomic E-state index is -3.38. The van der Waals surface area contributed by atoms with Gasteiger partial charge in [-0.25, -0.2) is 13.1 Å². The highest BCUT2D eigenvalue weighted by atomic mass is 32.2. The van der Waals surface area contributed by atoms with Crippen molar-refractivity contribution in [1.29, 1.82) is 0 Å². The zero-order valence-corrected chi connectivity index (χ0v) is 12.4. The summed E-state index contributed by atoms with van der Waals surface area (Å²) >= 11 is 0. The molecule has 106 valence electrons. The van der Waals surface area contributed by atoms with Gasteiger partial charge >= 0.3 is 0 Å². The Morgan fingerprint density at radius 2 is 2.16 bits per heavy atom. The van der Waals surface area contributed by atoms with Crippen LogP contribution in [-0.4, -0.2) is 28.1 Å². The van der Waals surface area contributed by atoms with Gasteiger partial charge in [0, 0.05) is 6.54 Å². The predicted octanol–water partition coefficient (Wildman–Crippen LogP) is 1.58. The van der Waals surface area contributed by atoms with Crippen LogP contribution in [0.2, 0.25) is 0 Å². The van der Waals surface area contributed by atoms with E-state index in [0.717, 1.165) is 37.1 Å². The summed E-state index contributed by atoms with van der Waals surface area (Å²) in [4.78, 5) is 0.400. The van der Waals surface area contributed by atoms with Crippen molar-refractivity contribution in [3.8, 4) is 0 Å². The van der Waals surface area contributed by atoms with E-state index in [0.29, 0.717) is 17.4 Å². The molecule has 0 aromatic heterocycles. The van der Waals surface area contributed by atoms with E-state index in [9.17, 15) is 8.42 Å². The van der Waals surface area contributed by atoms with Crippen molar-refractivity contribution in [2.24, 2.45) is 5.92 Å². The van der Waals surface area contributed by atoms with Crippen LogP contribution in [0, 0.1) is 19.8 Å². The molecule has 1 aliphatic heterocycles. The lowest BCUT2D eigenvalue weighted by atomic mass is 10.1. The van der Waals surface area contributed by atoms with E-state index in [-0.39, 0.29) is 0 Å². The molecule has 1 aromatic rings. The second-order valence-corrected chi connectivity index (χ2v) is 7.05. The van der Waals surface area contributed by atoms with Gasteiger partial charge in [0.15, 0.2) is 0 Å². The molecule has 19 heavy (non-hydrogen) atoms. The fraction of sp³-hybridized carbons (Fsp3) is 0.571. The molecule has 1 fully saturated rings. The third-order valence-corrected chi connectivity index (χ3v) is 5.24. The van der Waals surface area contributed by atoms with Crippen LogP contribution >= 0.6 is 0 Å². The van der Waals surface area contributed by atoms with E-state index in [1.165, 1.54) is 0 Å². The van der Waals surface area contributed by atoms with Crippen LogP contribution in [0.15, 0.2) is 23.1 Å². The summed E-state index contributed by atoms with van der Waals surface area (Å²) in [5, 5.41) is 3.29. The Kier molecular flexibility index (Phi) is 4.60. The summed E-state index contributed by atoms with van der Waals surface area (Å²) in [5.74, 6) is 0.598. The molecule has 0 aliphatic carbocycles. The normalized spacial score (nSPS) is 19.8. The first kappa shape index (κ1) is 14.5. The molecule has 0 spiro atoms. The third kappa shape index (κ3) is 3.78. The molecule has 1 heterocycles. The molecule has 2 N–H and O–H groups in total. The smallest absolute Gasteiger partial charge is 0.240 e. The fourth-order valence-electron chi connectivity index (χ4n) is 2.43. The molecule has 1 aromatic carbocycles. The zero-order chi connectivity index (χ0) is 13.9. The summed E-state index contributed by atoms with van der Waals surface area (Å²) in [5.41, 5.74) is 1.76. The minimum absolute atomic E-state index is 0.400. The van der Waals surface area contributed by atoms with Crippen LogP contribution in [0.4, 0.5) is 0 Å². The standard InChI is InChI=1S/C14H22N2O2S/c1-11-3-4-12(2)14(9-11)19(17,18)16-8-6-13-5-7-15-10-13/h3-4,9,13,15-16H,5-8,10H2,1-2H3/t13-/m0/s1. The lowest BCUT2D eigenvalue weighted by Gasteiger charge is -2.12. The Hall–Kier alpha value is -0.910. The second kappa shape index (κ2) is 6.03. The van der Waals surface area contributed by atoms with Gasteiger partial charge in [0.2, 0.25) is 10.0 Å². The monoisotopic (exact) mass is 282 g/mol. The van der Waals surface area contributed by atoms with E-state index in [1.807, 2.05) is 26.0 Å². The van der Waals surface area contributed by atoms with E-state index < -0.39 is 10.0 Å². The van der Waals surface area contributed by atoms with Gasteiger partial charge in [0.05, 0.1) is 4.90 Å². The fourth-order valence-corrected chi connectivity index (χ4v) is 3.81. The van der Waals surface area contributed by atoms with Crippen LogP contribution in [-0.2, 0) is 10.0 Å². The summed E-state index contributed by atoms with van der Waals surface area (Å²) in [7, 11) is -3.38. The lowest BCUT2D eigenvalue weighted by Crippen LogP contribution is -2.27. The predicted molar refractivity (Wildman–Crippen MR) is 76.7 cm³/mol. The molecular formula is C14H22N2O2S. The van der Waals surface area contributed by atoms with E-state index in [4.69, 9.17) is 0 Å². The van der Waals surface area contributed by atoms with Crippen molar-refractivity contribution in [3.63, 3.8) is 0 Å². The third-order valence-electron chi connectivity index (χ3n) is 3.64. The summed E-state index contributed by atoms with van der Waals surface area (Å²) in [6.07, 6.45) is 2.04. The van der Waals surface area contributed by atoms with Gasteiger partial charge in [-0.2, -0.15) is 0 Å². The van der Waals surface area contributed by atoms with Crippen molar-refractivity contribution in [2.75, 3.05) is 19.6 Å². The second-order valence-electron chi connectivity index (χ2n) is 5.31. The first-order valence-electron chi connectivity index (χ1n) is 6.77. The van der Waals surface area contributed by atoms with Crippen molar-refractivity contribution >= 4 is 10.0 Å². The first-order chi connectivity index (χ1) is 8.99. The highest BCUT2D eigenvalue weighted by molar-refractivity contribution is 7.89. The molecular weight excluding hydrogens is 260 g/mol. The molecule has 0 radical (unpaired) electrons. The molecule has 0 saturated carbocycles. The molecule has 1 aliphatic rings. The number of nitrogens with one attached hydrogen (secondary N) is 2.